The van der Waals surface area contributed by atoms with Gasteiger partial charge in [0.05, 0.1) is 12.8 Å². The van der Waals surface area contributed by atoms with Gasteiger partial charge in [0.25, 0.3) is 11.8 Å². The molecular formula is C30H27BrN2O5. The number of barbiturate groups is 1. The molecule has 0 bridgehead atoms. The van der Waals surface area contributed by atoms with E-state index >= 15 is 0 Å². The van der Waals surface area contributed by atoms with Gasteiger partial charge in [-0.15, -0.1) is 6.58 Å². The third-order valence-electron chi connectivity index (χ3n) is 6.05. The molecule has 0 radical (unpaired) electrons. The number of urea groups is 1. The molecule has 1 N–H and O–H groups in total. The van der Waals surface area contributed by atoms with Crippen LogP contribution < -0.4 is 19.7 Å². The molecule has 7 nitrogen and oxygen atoms in total. The van der Waals surface area contributed by atoms with Crippen LogP contribution in [0.4, 0.5) is 10.5 Å². The minimum atomic E-state index is -0.789. The summed E-state index contributed by atoms with van der Waals surface area (Å²) >= 11 is 3.43. The molecule has 0 atom stereocenters. The van der Waals surface area contributed by atoms with Gasteiger partial charge in [-0.2, -0.15) is 0 Å². The van der Waals surface area contributed by atoms with Crippen LogP contribution in [0.5, 0.6) is 11.5 Å². The Hall–Kier alpha value is -4.17. The minimum Gasteiger partial charge on any atom is -0.493 e. The van der Waals surface area contributed by atoms with Gasteiger partial charge >= 0.3 is 6.03 Å². The second-order valence-corrected chi connectivity index (χ2v) is 9.51. The standard InChI is InChI=1S/C30H27BrN2O5/c1-4-6-22-15-21(17-26(37-3)27(22)38-18-20-7-11-23(31)12-8-20)16-25-28(34)32-30(36)33(29(25)35)24-13-9-19(5-2)10-14-24/h4,7-17H,1,5-6,18H2,2-3H3,(H,32,34,36)/b25-16-. The molecule has 38 heavy (non-hydrogen) atoms. The van der Waals surface area contributed by atoms with E-state index in [0.717, 1.165) is 32.5 Å². The van der Waals surface area contributed by atoms with Crippen molar-refractivity contribution in [2.24, 2.45) is 0 Å². The molecule has 1 saturated heterocycles. The van der Waals surface area contributed by atoms with Gasteiger partial charge in [0.1, 0.15) is 12.2 Å². The third-order valence-corrected chi connectivity index (χ3v) is 6.58. The van der Waals surface area contributed by atoms with Gasteiger partial charge in [0, 0.05) is 10.0 Å². The lowest BCUT2D eigenvalue weighted by atomic mass is 10.0. The molecule has 3 aromatic carbocycles. The number of hydrogen-bond donors (Lipinski definition) is 1. The Morgan fingerprint density at radius 1 is 1.00 bits per heavy atom. The van der Waals surface area contributed by atoms with Crippen LogP contribution in [0.25, 0.3) is 6.08 Å². The zero-order valence-electron chi connectivity index (χ0n) is 21.1. The van der Waals surface area contributed by atoms with E-state index in [1.165, 1.54) is 13.2 Å². The van der Waals surface area contributed by atoms with Crippen LogP contribution in [0.15, 0.2) is 83.4 Å². The van der Waals surface area contributed by atoms with E-state index in [4.69, 9.17) is 9.47 Å². The third kappa shape index (κ3) is 5.86. The zero-order valence-corrected chi connectivity index (χ0v) is 22.7. The first-order valence-corrected chi connectivity index (χ1v) is 12.8. The van der Waals surface area contributed by atoms with E-state index in [-0.39, 0.29) is 5.57 Å². The number of aryl methyl sites for hydroxylation is 1. The number of imide groups is 2. The number of allylic oxidation sites excluding steroid dienone is 1. The van der Waals surface area contributed by atoms with Crippen molar-refractivity contribution in [2.75, 3.05) is 12.0 Å². The average Bonchev–Trinajstić information content (AvgIpc) is 2.91. The fourth-order valence-corrected chi connectivity index (χ4v) is 4.33. The summed E-state index contributed by atoms with van der Waals surface area (Å²) in [4.78, 5) is 39.5. The number of halogens is 1. The highest BCUT2D eigenvalue weighted by molar-refractivity contribution is 9.10. The maximum absolute atomic E-state index is 13.3. The number of ether oxygens (including phenoxy) is 2. The number of hydrogen-bond acceptors (Lipinski definition) is 5. The van der Waals surface area contributed by atoms with Crippen molar-refractivity contribution in [3.63, 3.8) is 0 Å². The summed E-state index contributed by atoms with van der Waals surface area (Å²) < 4.78 is 12.7. The molecule has 4 rings (SSSR count). The number of rotatable bonds is 9. The molecule has 1 heterocycles. The lowest BCUT2D eigenvalue weighted by Crippen LogP contribution is -2.54. The number of carbonyl (C=O) groups excluding carboxylic acids is 3. The second-order valence-electron chi connectivity index (χ2n) is 8.60. The number of carbonyl (C=O) groups is 3. The van der Waals surface area contributed by atoms with Gasteiger partial charge in [-0.05, 0) is 72.0 Å². The predicted molar refractivity (Wildman–Crippen MR) is 150 cm³/mol. The van der Waals surface area contributed by atoms with E-state index in [2.05, 4.69) is 27.8 Å². The van der Waals surface area contributed by atoms with E-state index < -0.39 is 17.8 Å². The van der Waals surface area contributed by atoms with E-state index in [9.17, 15) is 14.4 Å². The van der Waals surface area contributed by atoms with Crippen LogP contribution in [0.1, 0.15) is 29.2 Å². The van der Waals surface area contributed by atoms with Gasteiger partial charge < -0.3 is 9.47 Å². The number of nitrogens with one attached hydrogen (secondary N) is 1. The van der Waals surface area contributed by atoms with Crippen LogP contribution in [0.2, 0.25) is 0 Å². The van der Waals surface area contributed by atoms with Gasteiger partial charge in [-0.3, -0.25) is 14.9 Å². The molecule has 0 aromatic heterocycles. The van der Waals surface area contributed by atoms with Crippen molar-refractivity contribution < 1.29 is 23.9 Å². The first-order chi connectivity index (χ1) is 18.3. The van der Waals surface area contributed by atoms with Crippen molar-refractivity contribution >= 4 is 45.5 Å². The SMILES string of the molecule is C=CCc1cc(/C=C2/C(=O)NC(=O)N(c3ccc(CC)cc3)C2=O)cc(OC)c1OCc1ccc(Br)cc1. The molecule has 194 valence electrons. The van der Waals surface area contributed by atoms with Crippen LogP contribution in [0.3, 0.4) is 0 Å². The number of anilines is 1. The molecule has 4 amide bonds. The monoisotopic (exact) mass is 574 g/mol. The molecule has 8 heteroatoms. The summed E-state index contributed by atoms with van der Waals surface area (Å²) in [5.41, 5.74) is 3.57. The Balaban J connectivity index is 1.68. The normalized spacial score (nSPS) is 14.4. The molecule has 1 aliphatic rings. The smallest absolute Gasteiger partial charge is 0.335 e. The fraction of sp³-hybridized carbons (Fsp3) is 0.167. The lowest BCUT2D eigenvalue weighted by Gasteiger charge is -2.26. The molecule has 0 unspecified atom stereocenters. The average molecular weight is 575 g/mol. The Labute approximate surface area is 229 Å². The second kappa shape index (κ2) is 11.9. The molecule has 1 fully saturated rings. The molecule has 0 spiro atoms. The number of methoxy groups -OCH3 is 1. The van der Waals surface area contributed by atoms with Gasteiger partial charge in [-0.25, -0.2) is 9.69 Å². The number of benzene rings is 3. The summed E-state index contributed by atoms with van der Waals surface area (Å²) in [6.07, 6.45) is 4.47. The minimum absolute atomic E-state index is 0.167. The highest BCUT2D eigenvalue weighted by atomic mass is 79.9. The van der Waals surface area contributed by atoms with Crippen molar-refractivity contribution in [3.8, 4) is 11.5 Å². The van der Waals surface area contributed by atoms with Crippen molar-refractivity contribution in [2.45, 2.75) is 26.4 Å². The maximum atomic E-state index is 13.3. The first kappa shape index (κ1) is 26.9. The quantitative estimate of drug-likeness (QED) is 0.192. The summed E-state index contributed by atoms with van der Waals surface area (Å²) in [7, 11) is 1.52. The zero-order chi connectivity index (χ0) is 27.2. The topological polar surface area (TPSA) is 84.9 Å². The molecule has 1 aliphatic heterocycles. The van der Waals surface area contributed by atoms with Crippen LogP contribution in [-0.4, -0.2) is 25.0 Å². The van der Waals surface area contributed by atoms with Gasteiger partial charge in [0.2, 0.25) is 0 Å². The maximum Gasteiger partial charge on any atom is 0.335 e. The van der Waals surface area contributed by atoms with Crippen LogP contribution in [0, 0.1) is 0 Å². The molecule has 0 aliphatic carbocycles. The largest absolute Gasteiger partial charge is 0.493 e. The summed E-state index contributed by atoms with van der Waals surface area (Å²) in [6, 6.07) is 17.6. The van der Waals surface area contributed by atoms with Crippen molar-refractivity contribution in [1.82, 2.24) is 5.32 Å². The number of nitrogens with zero attached hydrogens (tertiary/aromatic N) is 1. The first-order valence-electron chi connectivity index (χ1n) is 12.0. The van der Waals surface area contributed by atoms with Gasteiger partial charge in [-0.1, -0.05) is 53.2 Å². The number of amides is 4. The summed E-state index contributed by atoms with van der Waals surface area (Å²) in [6.45, 7) is 6.17. The van der Waals surface area contributed by atoms with Crippen LogP contribution >= 0.6 is 15.9 Å². The fourth-order valence-electron chi connectivity index (χ4n) is 4.06. The molecule has 3 aromatic rings. The molecule has 0 saturated carbocycles. The Morgan fingerprint density at radius 3 is 2.32 bits per heavy atom. The highest BCUT2D eigenvalue weighted by Gasteiger charge is 2.36. The van der Waals surface area contributed by atoms with Crippen molar-refractivity contribution in [3.05, 3.63) is 106 Å². The molecular weight excluding hydrogens is 548 g/mol. The van der Waals surface area contributed by atoms with E-state index in [1.807, 2.05) is 49.4 Å². The van der Waals surface area contributed by atoms with E-state index in [0.29, 0.717) is 35.8 Å². The Kier molecular flexibility index (Phi) is 8.43. The Morgan fingerprint density at radius 2 is 1.68 bits per heavy atom. The predicted octanol–water partition coefficient (Wildman–Crippen LogP) is 5.99. The van der Waals surface area contributed by atoms with Crippen molar-refractivity contribution in [1.29, 1.82) is 0 Å². The summed E-state index contributed by atoms with van der Waals surface area (Å²) in [5, 5.41) is 2.26. The van der Waals surface area contributed by atoms with Crippen LogP contribution in [-0.2, 0) is 29.0 Å². The van der Waals surface area contributed by atoms with E-state index in [1.54, 1.807) is 24.3 Å². The Bertz CT molecular complexity index is 1410. The summed E-state index contributed by atoms with van der Waals surface area (Å²) in [5.74, 6) is -0.478. The lowest BCUT2D eigenvalue weighted by molar-refractivity contribution is -0.122. The highest BCUT2D eigenvalue weighted by Crippen LogP contribution is 2.35. The van der Waals surface area contributed by atoms with Gasteiger partial charge in [0.15, 0.2) is 11.5 Å².